The first-order valence-corrected chi connectivity index (χ1v) is 13.3. The summed E-state index contributed by atoms with van der Waals surface area (Å²) in [4.78, 5) is 46.1. The topological polar surface area (TPSA) is 141 Å². The number of hydrogen-bond donors (Lipinski definition) is 3. The molecule has 3 aromatic rings. The summed E-state index contributed by atoms with van der Waals surface area (Å²) in [5.74, 6) is -0.148. The number of anilines is 2. The molecule has 1 aromatic heterocycles. The highest BCUT2D eigenvalue weighted by molar-refractivity contribution is 5.91. The zero-order chi connectivity index (χ0) is 30.4. The lowest BCUT2D eigenvalue weighted by Crippen LogP contribution is -2.34. The summed E-state index contributed by atoms with van der Waals surface area (Å²) in [7, 11) is 0. The van der Waals surface area contributed by atoms with Crippen LogP contribution in [0.5, 0.6) is 0 Å². The van der Waals surface area contributed by atoms with Gasteiger partial charge in [-0.15, -0.1) is 0 Å². The standard InChI is InChI=1S/C15H17N3O3.C15H22N2O3/c1-3-21-15(20)16-13-6-4-5-12(9-13)10-18-14(19)8-7-11(2)17-18;1-11-5-7-12(8-6-11)17-13(18)9-10-16-14(19)20-15(2,3)4/h4-9H,3,10H2,1-2H3,(H,16,20);5-8H,9-10H2,1-4H3,(H,16,19)(H,17,18). The van der Waals surface area contributed by atoms with E-state index in [2.05, 4.69) is 21.0 Å². The molecule has 3 amide bonds. The average molecular weight is 566 g/mol. The third kappa shape index (κ3) is 13.3. The number of hydrogen-bond acceptors (Lipinski definition) is 7. The number of aryl methyl sites for hydroxylation is 2. The number of nitrogens with zero attached hydrogens (tertiary/aromatic N) is 2. The maximum absolute atomic E-state index is 11.7. The van der Waals surface area contributed by atoms with E-state index in [0.717, 1.165) is 22.5 Å². The monoisotopic (exact) mass is 565 g/mol. The van der Waals surface area contributed by atoms with Gasteiger partial charge in [-0.25, -0.2) is 14.3 Å². The van der Waals surface area contributed by atoms with Crippen molar-refractivity contribution in [3.05, 3.63) is 87.8 Å². The highest BCUT2D eigenvalue weighted by Gasteiger charge is 2.15. The van der Waals surface area contributed by atoms with Crippen molar-refractivity contribution in [2.75, 3.05) is 23.8 Å². The molecule has 0 atom stereocenters. The van der Waals surface area contributed by atoms with Crippen LogP contribution in [0.2, 0.25) is 0 Å². The fraction of sp³-hybridized carbons (Fsp3) is 0.367. The quantitative estimate of drug-likeness (QED) is 0.348. The lowest BCUT2D eigenvalue weighted by atomic mass is 10.2. The molecule has 0 aliphatic heterocycles. The zero-order valence-corrected chi connectivity index (χ0v) is 24.4. The van der Waals surface area contributed by atoms with Gasteiger partial charge in [-0.05, 0) is 77.4 Å². The van der Waals surface area contributed by atoms with E-state index in [4.69, 9.17) is 9.47 Å². The van der Waals surface area contributed by atoms with Gasteiger partial charge in [0.05, 0.1) is 18.8 Å². The van der Waals surface area contributed by atoms with Crippen molar-refractivity contribution in [3.8, 4) is 0 Å². The van der Waals surface area contributed by atoms with Crippen LogP contribution in [0.4, 0.5) is 21.0 Å². The average Bonchev–Trinajstić information content (AvgIpc) is 2.87. The van der Waals surface area contributed by atoms with Gasteiger partial charge in [-0.3, -0.25) is 14.9 Å². The summed E-state index contributed by atoms with van der Waals surface area (Å²) in [5, 5.41) is 12.1. The van der Waals surface area contributed by atoms with Gasteiger partial charge in [0.2, 0.25) is 5.91 Å². The van der Waals surface area contributed by atoms with Crippen LogP contribution < -0.4 is 21.5 Å². The fourth-order valence-corrected chi connectivity index (χ4v) is 3.32. The van der Waals surface area contributed by atoms with Crippen molar-refractivity contribution in [2.24, 2.45) is 0 Å². The van der Waals surface area contributed by atoms with Crippen LogP contribution in [0.3, 0.4) is 0 Å². The van der Waals surface area contributed by atoms with Crippen molar-refractivity contribution in [1.82, 2.24) is 15.1 Å². The Morgan fingerprint density at radius 3 is 2.27 bits per heavy atom. The molecule has 0 bridgehead atoms. The van der Waals surface area contributed by atoms with E-state index in [1.54, 1.807) is 52.0 Å². The second-order valence-electron chi connectivity index (χ2n) is 10.1. The van der Waals surface area contributed by atoms with Gasteiger partial charge >= 0.3 is 12.2 Å². The van der Waals surface area contributed by atoms with Crippen molar-refractivity contribution in [2.45, 2.75) is 60.1 Å². The summed E-state index contributed by atoms with van der Waals surface area (Å²) in [6.45, 7) is 11.8. The maximum Gasteiger partial charge on any atom is 0.411 e. The van der Waals surface area contributed by atoms with Crippen molar-refractivity contribution in [1.29, 1.82) is 0 Å². The molecule has 3 N–H and O–H groups in total. The zero-order valence-electron chi connectivity index (χ0n) is 24.4. The van der Waals surface area contributed by atoms with Crippen molar-refractivity contribution < 1.29 is 23.9 Å². The van der Waals surface area contributed by atoms with Gasteiger partial charge in [0, 0.05) is 30.4 Å². The number of aromatic nitrogens is 2. The summed E-state index contributed by atoms with van der Waals surface area (Å²) in [6.07, 6.45) is -0.811. The van der Waals surface area contributed by atoms with E-state index in [0.29, 0.717) is 18.8 Å². The Labute approximate surface area is 240 Å². The third-order valence-corrected chi connectivity index (χ3v) is 5.14. The van der Waals surface area contributed by atoms with E-state index < -0.39 is 17.8 Å². The Morgan fingerprint density at radius 2 is 1.61 bits per heavy atom. The van der Waals surface area contributed by atoms with Crippen LogP contribution in [0.15, 0.2) is 65.5 Å². The first kappa shape index (κ1) is 32.5. The molecule has 11 nitrogen and oxygen atoms in total. The largest absolute Gasteiger partial charge is 0.450 e. The fourth-order valence-electron chi connectivity index (χ4n) is 3.32. The summed E-state index contributed by atoms with van der Waals surface area (Å²) >= 11 is 0. The number of rotatable bonds is 8. The van der Waals surface area contributed by atoms with Crippen LogP contribution in [-0.2, 0) is 20.8 Å². The molecule has 41 heavy (non-hydrogen) atoms. The summed E-state index contributed by atoms with van der Waals surface area (Å²) < 4.78 is 11.3. The number of alkyl carbamates (subject to hydrolysis) is 1. The van der Waals surface area contributed by atoms with Gasteiger partial charge in [0.15, 0.2) is 0 Å². The third-order valence-electron chi connectivity index (χ3n) is 5.14. The predicted octanol–water partition coefficient (Wildman–Crippen LogP) is 5.02. The number of ether oxygens (including phenoxy) is 2. The summed E-state index contributed by atoms with van der Waals surface area (Å²) in [5.41, 5.74) is 3.44. The molecule has 0 aliphatic carbocycles. The van der Waals surface area contributed by atoms with E-state index in [-0.39, 0.29) is 24.4 Å². The number of carbonyl (C=O) groups excluding carboxylic acids is 3. The normalized spacial score (nSPS) is 10.5. The Kier molecular flexibility index (Phi) is 12.5. The Morgan fingerprint density at radius 1 is 0.902 bits per heavy atom. The molecule has 0 radical (unpaired) electrons. The highest BCUT2D eigenvalue weighted by Crippen LogP contribution is 2.12. The summed E-state index contributed by atoms with van der Waals surface area (Å²) in [6, 6.07) is 17.9. The minimum absolute atomic E-state index is 0.148. The molecule has 11 heteroatoms. The first-order valence-electron chi connectivity index (χ1n) is 13.3. The molecule has 1 heterocycles. The lowest BCUT2D eigenvalue weighted by Gasteiger charge is -2.19. The molecule has 0 spiro atoms. The molecular formula is C30H39N5O6. The molecular weight excluding hydrogens is 526 g/mol. The van der Waals surface area contributed by atoms with Gasteiger partial charge in [0.25, 0.3) is 5.56 Å². The van der Waals surface area contributed by atoms with Gasteiger partial charge in [-0.2, -0.15) is 5.10 Å². The highest BCUT2D eigenvalue weighted by atomic mass is 16.6. The van der Waals surface area contributed by atoms with Crippen LogP contribution in [0.1, 0.15) is 50.9 Å². The van der Waals surface area contributed by atoms with Crippen LogP contribution in [-0.4, -0.2) is 46.6 Å². The number of benzene rings is 2. The van der Waals surface area contributed by atoms with Gasteiger partial charge in [-0.1, -0.05) is 29.8 Å². The molecule has 220 valence electrons. The second-order valence-corrected chi connectivity index (χ2v) is 10.1. The number of carbonyl (C=O) groups is 3. The second kappa shape index (κ2) is 15.8. The van der Waals surface area contributed by atoms with Crippen LogP contribution >= 0.6 is 0 Å². The predicted molar refractivity (Wildman–Crippen MR) is 158 cm³/mol. The molecule has 3 rings (SSSR count). The Balaban J connectivity index is 0.000000287. The van der Waals surface area contributed by atoms with Crippen LogP contribution in [0, 0.1) is 13.8 Å². The number of amides is 3. The minimum Gasteiger partial charge on any atom is -0.450 e. The van der Waals surface area contributed by atoms with E-state index in [9.17, 15) is 19.2 Å². The molecule has 0 saturated heterocycles. The molecule has 0 unspecified atom stereocenters. The van der Waals surface area contributed by atoms with Gasteiger partial charge in [0.1, 0.15) is 5.60 Å². The molecule has 0 fully saturated rings. The van der Waals surface area contributed by atoms with E-state index in [1.165, 1.54) is 10.7 Å². The Bertz CT molecular complexity index is 1360. The molecule has 2 aromatic carbocycles. The maximum atomic E-state index is 11.7. The molecule has 0 saturated carbocycles. The molecule has 0 aliphatic rings. The first-order chi connectivity index (χ1) is 19.3. The smallest absolute Gasteiger partial charge is 0.411 e. The van der Waals surface area contributed by atoms with E-state index in [1.807, 2.05) is 44.2 Å². The lowest BCUT2D eigenvalue weighted by molar-refractivity contribution is -0.116. The van der Waals surface area contributed by atoms with E-state index >= 15 is 0 Å². The number of nitrogens with one attached hydrogen (secondary N) is 3. The Hall–Kier alpha value is -4.67. The SMILES string of the molecule is CCOC(=O)Nc1cccc(Cn2nc(C)ccc2=O)c1.Cc1ccc(NC(=O)CCNC(=O)OC(C)(C)C)cc1. The van der Waals surface area contributed by atoms with Crippen molar-refractivity contribution >= 4 is 29.5 Å². The van der Waals surface area contributed by atoms with Crippen molar-refractivity contribution in [3.63, 3.8) is 0 Å². The minimum atomic E-state index is -0.533. The van der Waals surface area contributed by atoms with Gasteiger partial charge < -0.3 is 20.1 Å². The van der Waals surface area contributed by atoms with Crippen LogP contribution in [0.25, 0.3) is 0 Å².